The van der Waals surface area contributed by atoms with Gasteiger partial charge in [-0.1, -0.05) is 68.5 Å². The fourth-order valence-corrected chi connectivity index (χ4v) is 3.57. The topological polar surface area (TPSA) is 62.8 Å². The fourth-order valence-electron chi connectivity index (χ4n) is 3.21. The lowest BCUT2D eigenvalue weighted by atomic mass is 9.87. The van der Waals surface area contributed by atoms with Crippen molar-refractivity contribution in [3.63, 3.8) is 0 Å². The van der Waals surface area contributed by atoms with Crippen molar-refractivity contribution in [2.45, 2.75) is 33.1 Å². The number of benzene rings is 3. The SMILES string of the molecule is C/C(=C\C=C(/Nc1ccc(C(C)(C)C)cc1)c1ccc(N=NN)cc1)c1ccc(I)cc1. The first-order chi connectivity index (χ1) is 15.3. The molecule has 0 aliphatic heterocycles. The van der Waals surface area contributed by atoms with Gasteiger partial charge in [-0.05, 0) is 99.7 Å². The molecule has 0 aromatic heterocycles. The molecule has 0 saturated heterocycles. The Balaban J connectivity index is 1.94. The Morgan fingerprint density at radius 3 is 2.00 bits per heavy atom. The zero-order valence-corrected chi connectivity index (χ0v) is 21.1. The Labute approximate surface area is 204 Å². The van der Waals surface area contributed by atoms with Crippen molar-refractivity contribution in [1.29, 1.82) is 0 Å². The van der Waals surface area contributed by atoms with Crippen molar-refractivity contribution in [2.24, 2.45) is 16.2 Å². The molecule has 5 heteroatoms. The number of nitrogens with zero attached hydrogens (tertiary/aromatic N) is 2. The van der Waals surface area contributed by atoms with Crippen molar-refractivity contribution in [2.75, 3.05) is 5.32 Å². The van der Waals surface area contributed by atoms with E-state index in [-0.39, 0.29) is 5.41 Å². The predicted molar refractivity (Wildman–Crippen MR) is 145 cm³/mol. The van der Waals surface area contributed by atoms with E-state index in [4.69, 9.17) is 5.84 Å². The van der Waals surface area contributed by atoms with Crippen molar-refractivity contribution >= 4 is 45.2 Å². The highest BCUT2D eigenvalue weighted by Crippen LogP contribution is 2.27. The molecular formula is C27H29IN4. The summed E-state index contributed by atoms with van der Waals surface area (Å²) in [6.45, 7) is 8.79. The molecule has 0 atom stereocenters. The molecule has 0 unspecified atom stereocenters. The normalized spacial score (nSPS) is 12.9. The van der Waals surface area contributed by atoms with Gasteiger partial charge in [-0.3, -0.25) is 0 Å². The second-order valence-electron chi connectivity index (χ2n) is 8.65. The second-order valence-corrected chi connectivity index (χ2v) is 9.90. The van der Waals surface area contributed by atoms with Crippen LogP contribution in [-0.2, 0) is 5.41 Å². The molecule has 3 aromatic carbocycles. The summed E-state index contributed by atoms with van der Waals surface area (Å²) < 4.78 is 1.23. The van der Waals surface area contributed by atoms with Crippen LogP contribution >= 0.6 is 22.6 Å². The van der Waals surface area contributed by atoms with E-state index >= 15 is 0 Å². The van der Waals surface area contributed by atoms with Crippen molar-refractivity contribution < 1.29 is 0 Å². The van der Waals surface area contributed by atoms with Gasteiger partial charge in [-0.2, -0.15) is 0 Å². The molecule has 0 saturated carbocycles. The van der Waals surface area contributed by atoms with Crippen LogP contribution in [0.15, 0.2) is 95.3 Å². The third kappa shape index (κ3) is 6.53. The van der Waals surface area contributed by atoms with E-state index in [1.165, 1.54) is 20.3 Å². The monoisotopic (exact) mass is 536 g/mol. The van der Waals surface area contributed by atoms with E-state index in [9.17, 15) is 0 Å². The first-order valence-electron chi connectivity index (χ1n) is 10.5. The number of nitrogens with one attached hydrogen (secondary N) is 1. The maximum Gasteiger partial charge on any atom is 0.0874 e. The van der Waals surface area contributed by atoms with Crippen LogP contribution < -0.4 is 11.2 Å². The van der Waals surface area contributed by atoms with Crippen molar-refractivity contribution in [1.82, 2.24) is 0 Å². The zero-order chi connectivity index (χ0) is 23.1. The molecule has 0 radical (unpaired) electrons. The number of allylic oxidation sites excluding steroid dienone is 3. The molecule has 0 bridgehead atoms. The van der Waals surface area contributed by atoms with Crippen LogP contribution in [0.1, 0.15) is 44.4 Å². The molecule has 32 heavy (non-hydrogen) atoms. The molecule has 3 aromatic rings. The number of halogens is 1. The number of nitrogens with two attached hydrogens (primary N) is 1. The Bertz CT molecular complexity index is 1120. The third-order valence-corrected chi connectivity index (χ3v) is 5.90. The summed E-state index contributed by atoms with van der Waals surface area (Å²) in [6, 6.07) is 25.0. The summed E-state index contributed by atoms with van der Waals surface area (Å²) >= 11 is 2.32. The van der Waals surface area contributed by atoms with Gasteiger partial charge in [0.1, 0.15) is 0 Å². The van der Waals surface area contributed by atoms with Gasteiger partial charge in [0.25, 0.3) is 0 Å². The summed E-state index contributed by atoms with van der Waals surface area (Å²) in [6.07, 6.45) is 4.26. The summed E-state index contributed by atoms with van der Waals surface area (Å²) in [5.41, 5.74) is 7.62. The maximum atomic E-state index is 5.18. The largest absolute Gasteiger partial charge is 0.355 e. The Kier molecular flexibility index (Phi) is 7.85. The van der Waals surface area contributed by atoms with Gasteiger partial charge < -0.3 is 11.2 Å². The van der Waals surface area contributed by atoms with Gasteiger partial charge in [0.05, 0.1) is 5.69 Å². The lowest BCUT2D eigenvalue weighted by molar-refractivity contribution is 0.590. The van der Waals surface area contributed by atoms with E-state index < -0.39 is 0 Å². The van der Waals surface area contributed by atoms with Crippen LogP contribution in [-0.4, -0.2) is 0 Å². The van der Waals surface area contributed by atoms with Crippen molar-refractivity contribution in [3.8, 4) is 0 Å². The summed E-state index contributed by atoms with van der Waals surface area (Å²) in [7, 11) is 0. The highest BCUT2D eigenvalue weighted by Gasteiger charge is 2.13. The molecule has 0 spiro atoms. The minimum absolute atomic E-state index is 0.123. The number of rotatable bonds is 6. The fraction of sp³-hybridized carbons (Fsp3) is 0.185. The van der Waals surface area contributed by atoms with Crippen LogP contribution in [0.2, 0.25) is 0 Å². The lowest BCUT2D eigenvalue weighted by Gasteiger charge is -2.19. The smallest absolute Gasteiger partial charge is 0.0874 e. The van der Waals surface area contributed by atoms with Gasteiger partial charge in [0, 0.05) is 15.0 Å². The highest BCUT2D eigenvalue weighted by atomic mass is 127. The standard InChI is InChI=1S/C27H29IN4/c1-19(20-6-12-23(28)13-7-20)5-18-26(21-8-14-25(15-9-21)31-32-29)30-24-16-10-22(11-17-24)27(2,3)4/h5-18,30H,1-4H3,(H2,29,31)/b19-5+,26-18-. The summed E-state index contributed by atoms with van der Waals surface area (Å²) in [4.78, 5) is 0. The Morgan fingerprint density at radius 1 is 0.844 bits per heavy atom. The van der Waals surface area contributed by atoms with Crippen LogP contribution in [0.5, 0.6) is 0 Å². The van der Waals surface area contributed by atoms with E-state index in [0.29, 0.717) is 0 Å². The van der Waals surface area contributed by atoms with E-state index in [0.717, 1.165) is 22.6 Å². The molecule has 3 N–H and O–H groups in total. The summed E-state index contributed by atoms with van der Waals surface area (Å²) in [5, 5.41) is 10.8. The summed E-state index contributed by atoms with van der Waals surface area (Å²) in [5.74, 6) is 5.18. The first-order valence-corrected chi connectivity index (χ1v) is 11.6. The molecule has 3 rings (SSSR count). The van der Waals surface area contributed by atoms with E-state index in [2.05, 4.69) is 127 Å². The number of anilines is 1. The second kappa shape index (κ2) is 10.6. The Morgan fingerprint density at radius 2 is 1.44 bits per heavy atom. The lowest BCUT2D eigenvalue weighted by Crippen LogP contribution is -2.10. The highest BCUT2D eigenvalue weighted by molar-refractivity contribution is 14.1. The quantitative estimate of drug-likeness (QED) is 0.110. The van der Waals surface area contributed by atoms with Gasteiger partial charge in [0.15, 0.2) is 0 Å². The molecule has 0 aliphatic rings. The van der Waals surface area contributed by atoms with E-state index in [1.54, 1.807) is 0 Å². The third-order valence-electron chi connectivity index (χ3n) is 5.18. The minimum Gasteiger partial charge on any atom is -0.355 e. The minimum atomic E-state index is 0.123. The van der Waals surface area contributed by atoms with Crippen LogP contribution in [0.4, 0.5) is 11.4 Å². The average Bonchev–Trinajstić information content (AvgIpc) is 2.77. The molecule has 164 valence electrons. The van der Waals surface area contributed by atoms with Gasteiger partial charge >= 0.3 is 0 Å². The molecular weight excluding hydrogens is 507 g/mol. The van der Waals surface area contributed by atoms with Crippen LogP contribution in [0, 0.1) is 3.57 Å². The zero-order valence-electron chi connectivity index (χ0n) is 18.9. The Hall–Kier alpha value is -2.93. The van der Waals surface area contributed by atoms with Crippen molar-refractivity contribution in [3.05, 3.63) is 105 Å². The molecule has 0 heterocycles. The number of hydrogen-bond donors (Lipinski definition) is 2. The predicted octanol–water partition coefficient (Wildman–Crippen LogP) is 8.10. The molecule has 0 amide bonds. The van der Waals surface area contributed by atoms with E-state index in [1.807, 2.05) is 24.3 Å². The maximum absolute atomic E-state index is 5.18. The molecule has 4 nitrogen and oxygen atoms in total. The number of hydrogen-bond acceptors (Lipinski definition) is 3. The molecule has 0 fully saturated rings. The van der Waals surface area contributed by atoms with Gasteiger partial charge in [-0.15, -0.1) is 5.11 Å². The van der Waals surface area contributed by atoms with Gasteiger partial charge in [-0.25, -0.2) is 0 Å². The van der Waals surface area contributed by atoms with Crippen LogP contribution in [0.3, 0.4) is 0 Å². The first kappa shape index (κ1) is 23.7. The van der Waals surface area contributed by atoms with Gasteiger partial charge in [0.2, 0.25) is 0 Å². The molecule has 0 aliphatic carbocycles. The average molecular weight is 536 g/mol. The van der Waals surface area contributed by atoms with Crippen LogP contribution in [0.25, 0.3) is 11.3 Å².